The summed E-state index contributed by atoms with van der Waals surface area (Å²) in [6.45, 7) is 3.85. The van der Waals surface area contributed by atoms with Crippen molar-refractivity contribution in [1.82, 2.24) is 0 Å². The van der Waals surface area contributed by atoms with Gasteiger partial charge >= 0.3 is 5.97 Å². The third-order valence-electron chi connectivity index (χ3n) is 3.83. The molecule has 5 nitrogen and oxygen atoms in total. The summed E-state index contributed by atoms with van der Waals surface area (Å²) in [4.78, 5) is 23.7. The molecule has 126 valence electrons. The Morgan fingerprint density at radius 2 is 1.79 bits per heavy atom. The summed E-state index contributed by atoms with van der Waals surface area (Å²) in [5.41, 5.74) is 1.88. The molecule has 0 saturated carbocycles. The zero-order valence-corrected chi connectivity index (χ0v) is 13.8. The Kier molecular flexibility index (Phi) is 5.95. The minimum absolute atomic E-state index is 0.0307. The average molecular weight is 327 g/mol. The van der Waals surface area contributed by atoms with Gasteiger partial charge in [-0.1, -0.05) is 38.1 Å². The monoisotopic (exact) mass is 327 g/mol. The van der Waals surface area contributed by atoms with Crippen molar-refractivity contribution in [2.75, 3.05) is 11.9 Å². The van der Waals surface area contributed by atoms with Crippen LogP contribution in [-0.4, -0.2) is 23.6 Å². The van der Waals surface area contributed by atoms with Gasteiger partial charge in [0.05, 0.1) is 0 Å². The first kappa shape index (κ1) is 17.5. The van der Waals surface area contributed by atoms with Gasteiger partial charge in [0.1, 0.15) is 11.3 Å². The van der Waals surface area contributed by atoms with E-state index in [0.717, 1.165) is 6.42 Å². The summed E-state index contributed by atoms with van der Waals surface area (Å²) in [6, 6.07) is 13.6. The predicted molar refractivity (Wildman–Crippen MR) is 92.2 cm³/mol. The van der Waals surface area contributed by atoms with E-state index in [4.69, 9.17) is 4.74 Å². The summed E-state index contributed by atoms with van der Waals surface area (Å²) in [5, 5.41) is 12.2. The van der Waals surface area contributed by atoms with E-state index in [1.54, 1.807) is 12.1 Å². The van der Waals surface area contributed by atoms with Gasteiger partial charge in [0.2, 0.25) is 0 Å². The van der Waals surface area contributed by atoms with Crippen molar-refractivity contribution in [2.24, 2.45) is 0 Å². The Labute approximate surface area is 141 Å². The minimum Gasteiger partial charge on any atom is -0.507 e. The molecule has 0 aliphatic rings. The molecule has 0 fully saturated rings. The van der Waals surface area contributed by atoms with E-state index in [1.807, 2.05) is 24.3 Å². The second kappa shape index (κ2) is 8.15. The molecular weight excluding hydrogens is 306 g/mol. The first-order chi connectivity index (χ1) is 11.5. The molecule has 1 atom stereocenters. The van der Waals surface area contributed by atoms with Crippen LogP contribution >= 0.6 is 0 Å². The van der Waals surface area contributed by atoms with Crippen molar-refractivity contribution >= 4 is 17.6 Å². The maximum atomic E-state index is 11.9. The van der Waals surface area contributed by atoms with Crippen LogP contribution in [0.25, 0.3) is 0 Å². The van der Waals surface area contributed by atoms with E-state index in [9.17, 15) is 14.7 Å². The van der Waals surface area contributed by atoms with E-state index in [0.29, 0.717) is 11.6 Å². The van der Waals surface area contributed by atoms with Crippen LogP contribution in [0.5, 0.6) is 5.75 Å². The van der Waals surface area contributed by atoms with Gasteiger partial charge in [0.25, 0.3) is 5.91 Å². The molecule has 24 heavy (non-hydrogen) atoms. The molecule has 0 spiro atoms. The van der Waals surface area contributed by atoms with Gasteiger partial charge in [-0.2, -0.15) is 0 Å². The van der Waals surface area contributed by atoms with Crippen LogP contribution in [0.3, 0.4) is 0 Å². The van der Waals surface area contributed by atoms with Crippen molar-refractivity contribution < 1.29 is 19.4 Å². The molecule has 0 aliphatic carbocycles. The summed E-state index contributed by atoms with van der Waals surface area (Å²) in [7, 11) is 0. The molecule has 1 amide bonds. The Hall–Kier alpha value is -2.82. The second-order valence-corrected chi connectivity index (χ2v) is 5.57. The number of para-hydroxylation sites is 1. The van der Waals surface area contributed by atoms with Gasteiger partial charge in [-0.05, 0) is 42.2 Å². The van der Waals surface area contributed by atoms with Gasteiger partial charge in [-0.15, -0.1) is 0 Å². The molecule has 0 aromatic heterocycles. The van der Waals surface area contributed by atoms with Crippen LogP contribution < -0.4 is 5.32 Å². The fourth-order valence-electron chi connectivity index (χ4n) is 2.18. The summed E-state index contributed by atoms with van der Waals surface area (Å²) >= 11 is 0. The number of esters is 1. The number of aromatic hydroxyl groups is 1. The molecule has 2 aromatic carbocycles. The molecule has 0 heterocycles. The van der Waals surface area contributed by atoms with Gasteiger partial charge in [-0.25, -0.2) is 4.79 Å². The number of carbonyl (C=O) groups is 2. The molecule has 0 bridgehead atoms. The first-order valence-corrected chi connectivity index (χ1v) is 7.86. The van der Waals surface area contributed by atoms with E-state index in [2.05, 4.69) is 19.2 Å². The van der Waals surface area contributed by atoms with Crippen LogP contribution in [0.2, 0.25) is 0 Å². The van der Waals surface area contributed by atoms with Gasteiger partial charge < -0.3 is 15.2 Å². The maximum Gasteiger partial charge on any atom is 0.342 e. The number of phenols is 1. The Balaban J connectivity index is 1.87. The van der Waals surface area contributed by atoms with Crippen molar-refractivity contribution in [3.05, 3.63) is 59.7 Å². The number of hydrogen-bond donors (Lipinski definition) is 2. The minimum atomic E-state index is -0.740. The van der Waals surface area contributed by atoms with Crippen molar-refractivity contribution in [3.8, 4) is 5.75 Å². The van der Waals surface area contributed by atoms with Gasteiger partial charge in [0.15, 0.2) is 6.61 Å². The number of amides is 1. The highest BCUT2D eigenvalue weighted by molar-refractivity contribution is 5.96. The number of nitrogens with one attached hydrogen (secondary N) is 1. The molecule has 2 rings (SSSR count). The lowest BCUT2D eigenvalue weighted by molar-refractivity contribution is -0.119. The highest BCUT2D eigenvalue weighted by Crippen LogP contribution is 2.20. The number of hydrogen-bond acceptors (Lipinski definition) is 4. The van der Waals surface area contributed by atoms with Crippen LogP contribution in [0, 0.1) is 0 Å². The summed E-state index contributed by atoms with van der Waals surface area (Å²) in [6.07, 6.45) is 1.05. The standard InChI is InChI=1S/C19H21NO4/c1-3-13(2)14-8-10-15(11-9-14)20-18(22)12-24-19(23)16-6-4-5-7-17(16)21/h4-11,13,21H,3,12H2,1-2H3,(H,20,22)/t13-/m0/s1. The van der Waals surface area contributed by atoms with Gasteiger partial charge in [0, 0.05) is 5.69 Å². The maximum absolute atomic E-state index is 11.9. The zero-order chi connectivity index (χ0) is 17.5. The van der Waals surface area contributed by atoms with Gasteiger partial charge in [-0.3, -0.25) is 4.79 Å². The predicted octanol–water partition coefficient (Wildman–Crippen LogP) is 3.70. The van der Waals surface area contributed by atoms with Crippen molar-refractivity contribution in [3.63, 3.8) is 0 Å². The van der Waals surface area contributed by atoms with Crippen LogP contribution in [0.15, 0.2) is 48.5 Å². The van der Waals surface area contributed by atoms with E-state index < -0.39 is 18.5 Å². The quantitative estimate of drug-likeness (QED) is 0.793. The van der Waals surface area contributed by atoms with Crippen LogP contribution in [-0.2, 0) is 9.53 Å². The Bertz CT molecular complexity index is 710. The van der Waals surface area contributed by atoms with Crippen LogP contribution in [0.1, 0.15) is 42.1 Å². The van der Waals surface area contributed by atoms with Crippen molar-refractivity contribution in [2.45, 2.75) is 26.2 Å². The topological polar surface area (TPSA) is 75.6 Å². The third kappa shape index (κ3) is 4.59. The Morgan fingerprint density at radius 3 is 2.42 bits per heavy atom. The number of anilines is 1. The third-order valence-corrected chi connectivity index (χ3v) is 3.83. The molecule has 5 heteroatoms. The van der Waals surface area contributed by atoms with E-state index in [1.165, 1.54) is 17.7 Å². The fourth-order valence-corrected chi connectivity index (χ4v) is 2.18. The van der Waals surface area contributed by atoms with E-state index in [-0.39, 0.29) is 11.3 Å². The highest BCUT2D eigenvalue weighted by Gasteiger charge is 2.13. The number of ether oxygens (including phenoxy) is 1. The van der Waals surface area contributed by atoms with E-state index >= 15 is 0 Å². The molecule has 2 N–H and O–H groups in total. The Morgan fingerprint density at radius 1 is 1.12 bits per heavy atom. The summed E-state index contributed by atoms with van der Waals surface area (Å²) in [5.74, 6) is -0.886. The number of carbonyl (C=O) groups excluding carboxylic acids is 2. The molecule has 0 unspecified atom stereocenters. The van der Waals surface area contributed by atoms with Crippen molar-refractivity contribution in [1.29, 1.82) is 0 Å². The molecule has 2 aromatic rings. The molecular formula is C19H21NO4. The number of benzene rings is 2. The highest BCUT2D eigenvalue weighted by atomic mass is 16.5. The molecule has 0 aliphatic heterocycles. The zero-order valence-electron chi connectivity index (χ0n) is 13.8. The normalized spacial score (nSPS) is 11.6. The smallest absolute Gasteiger partial charge is 0.342 e. The molecule has 0 saturated heterocycles. The lowest BCUT2D eigenvalue weighted by Crippen LogP contribution is -2.21. The number of rotatable bonds is 6. The number of phenolic OH excluding ortho intramolecular Hbond substituents is 1. The average Bonchev–Trinajstić information content (AvgIpc) is 2.60. The SMILES string of the molecule is CC[C@H](C)c1ccc(NC(=O)COC(=O)c2ccccc2O)cc1. The molecule has 0 radical (unpaired) electrons. The first-order valence-electron chi connectivity index (χ1n) is 7.86. The lowest BCUT2D eigenvalue weighted by Gasteiger charge is -2.11. The summed E-state index contributed by atoms with van der Waals surface area (Å²) < 4.78 is 4.91. The fraction of sp³-hybridized carbons (Fsp3) is 0.263. The second-order valence-electron chi connectivity index (χ2n) is 5.57. The lowest BCUT2D eigenvalue weighted by atomic mass is 9.99. The van der Waals surface area contributed by atoms with Crippen LogP contribution in [0.4, 0.5) is 5.69 Å². The largest absolute Gasteiger partial charge is 0.507 e.